The molecule has 0 atom stereocenters. The smallest absolute Gasteiger partial charge is 0.238 e. The molecule has 0 aliphatic heterocycles. The van der Waals surface area contributed by atoms with E-state index in [-0.39, 0.29) is 10.9 Å². The van der Waals surface area contributed by atoms with Crippen molar-refractivity contribution in [3.63, 3.8) is 0 Å². The van der Waals surface area contributed by atoms with Gasteiger partial charge in [0.1, 0.15) is 5.82 Å². The molecule has 0 aromatic carbocycles. The van der Waals surface area contributed by atoms with Gasteiger partial charge in [0.05, 0.1) is 0 Å². The molecule has 1 rings (SSSR count). The Morgan fingerprint density at radius 2 is 1.93 bits per heavy atom. The van der Waals surface area contributed by atoms with Crippen LogP contribution in [0, 0.1) is 6.92 Å². The monoisotopic (exact) mass is 234 g/mol. The summed E-state index contributed by atoms with van der Waals surface area (Å²) >= 11 is 0. The first-order valence-corrected chi connectivity index (χ1v) is 6.42. The van der Waals surface area contributed by atoms with Gasteiger partial charge >= 0.3 is 0 Å². The number of rotatable bonds is 2. The molecule has 0 saturated carbocycles. The number of hydrogen-bond acceptors (Lipinski definition) is 4. The number of aryl methyl sites for hydroxylation is 1. The van der Waals surface area contributed by atoms with E-state index in [0.29, 0.717) is 11.5 Å². The molecular formula is C8H11ClN2O2S. The summed E-state index contributed by atoms with van der Waals surface area (Å²) in [6.07, 6.45) is 0. The lowest BCUT2D eigenvalue weighted by Gasteiger charge is -2.05. The second kappa shape index (κ2) is 3.82. The Morgan fingerprint density at radius 1 is 1.36 bits per heavy atom. The Labute approximate surface area is 87.8 Å². The van der Waals surface area contributed by atoms with E-state index in [0.717, 1.165) is 0 Å². The summed E-state index contributed by atoms with van der Waals surface area (Å²) in [7, 11) is 1.43. The van der Waals surface area contributed by atoms with E-state index in [4.69, 9.17) is 10.7 Å². The molecule has 0 aliphatic carbocycles. The van der Waals surface area contributed by atoms with Crippen LogP contribution in [0.25, 0.3) is 0 Å². The minimum atomic E-state index is -3.76. The lowest BCUT2D eigenvalue weighted by molar-refractivity contribution is 0.603. The van der Waals surface area contributed by atoms with Crippen molar-refractivity contribution in [2.75, 3.05) is 0 Å². The van der Waals surface area contributed by atoms with Crippen LogP contribution in [0.1, 0.15) is 31.3 Å². The average Bonchev–Trinajstić information content (AvgIpc) is 2.01. The van der Waals surface area contributed by atoms with Gasteiger partial charge in [-0.2, -0.15) is 0 Å². The van der Waals surface area contributed by atoms with Gasteiger partial charge in [0.25, 0.3) is 9.05 Å². The fourth-order valence-electron chi connectivity index (χ4n) is 0.945. The third kappa shape index (κ3) is 2.65. The standard InChI is InChI=1S/C8H11ClN2O2S/c1-5(2)8-10-6(3)4-7(11-8)14(9,12)13/h4-5H,1-3H3. The summed E-state index contributed by atoms with van der Waals surface area (Å²) in [6, 6.07) is 1.36. The van der Waals surface area contributed by atoms with Crippen LogP contribution in [-0.4, -0.2) is 18.4 Å². The molecule has 0 amide bonds. The summed E-state index contributed by atoms with van der Waals surface area (Å²) in [5.41, 5.74) is 0.600. The molecule has 1 heterocycles. The van der Waals surface area contributed by atoms with Crippen molar-refractivity contribution in [2.24, 2.45) is 0 Å². The predicted molar refractivity (Wildman–Crippen MR) is 53.9 cm³/mol. The quantitative estimate of drug-likeness (QED) is 0.579. The fourth-order valence-corrected chi connectivity index (χ4v) is 1.70. The number of nitrogens with zero attached hydrogens (tertiary/aromatic N) is 2. The van der Waals surface area contributed by atoms with Gasteiger partial charge in [0, 0.05) is 22.3 Å². The molecule has 0 saturated heterocycles. The first-order valence-electron chi connectivity index (χ1n) is 4.11. The summed E-state index contributed by atoms with van der Waals surface area (Å²) in [4.78, 5) is 7.99. The maximum absolute atomic E-state index is 11.0. The molecule has 1 aromatic heterocycles. The van der Waals surface area contributed by atoms with Gasteiger partial charge < -0.3 is 0 Å². The zero-order valence-electron chi connectivity index (χ0n) is 8.15. The number of aromatic nitrogens is 2. The van der Waals surface area contributed by atoms with Crippen LogP contribution in [0.3, 0.4) is 0 Å². The van der Waals surface area contributed by atoms with Crippen molar-refractivity contribution in [1.29, 1.82) is 0 Å². The lowest BCUT2D eigenvalue weighted by Crippen LogP contribution is -2.04. The predicted octanol–water partition coefficient (Wildman–Crippen LogP) is 1.84. The molecule has 4 nitrogen and oxygen atoms in total. The fraction of sp³-hybridized carbons (Fsp3) is 0.500. The second-order valence-corrected chi connectivity index (χ2v) is 5.81. The van der Waals surface area contributed by atoms with Crippen LogP contribution >= 0.6 is 10.7 Å². The Balaban J connectivity index is 3.35. The number of halogens is 1. The third-order valence-corrected chi connectivity index (χ3v) is 2.80. The molecule has 0 spiro atoms. The van der Waals surface area contributed by atoms with Crippen molar-refractivity contribution >= 4 is 19.7 Å². The maximum atomic E-state index is 11.0. The zero-order valence-corrected chi connectivity index (χ0v) is 9.72. The van der Waals surface area contributed by atoms with Crippen molar-refractivity contribution in [3.05, 3.63) is 17.6 Å². The van der Waals surface area contributed by atoms with Crippen LogP contribution in [0.2, 0.25) is 0 Å². The minimum absolute atomic E-state index is 0.0760. The van der Waals surface area contributed by atoms with E-state index in [1.54, 1.807) is 6.92 Å². The Morgan fingerprint density at radius 3 is 2.36 bits per heavy atom. The van der Waals surface area contributed by atoms with Gasteiger partial charge in [-0.25, -0.2) is 18.4 Å². The molecular weight excluding hydrogens is 224 g/mol. The zero-order chi connectivity index (χ0) is 10.9. The van der Waals surface area contributed by atoms with E-state index in [9.17, 15) is 8.42 Å². The van der Waals surface area contributed by atoms with Crippen LogP contribution in [-0.2, 0) is 9.05 Å². The average molecular weight is 235 g/mol. The number of hydrogen-bond donors (Lipinski definition) is 0. The molecule has 0 fully saturated rings. The van der Waals surface area contributed by atoms with Gasteiger partial charge in [-0.3, -0.25) is 0 Å². The van der Waals surface area contributed by atoms with Crippen molar-refractivity contribution < 1.29 is 8.42 Å². The van der Waals surface area contributed by atoms with E-state index >= 15 is 0 Å². The summed E-state index contributed by atoms with van der Waals surface area (Å²) in [5.74, 6) is 0.566. The Hall–Kier alpha value is -0.680. The largest absolute Gasteiger partial charge is 0.278 e. The molecule has 1 aromatic rings. The van der Waals surface area contributed by atoms with Crippen LogP contribution < -0.4 is 0 Å². The van der Waals surface area contributed by atoms with E-state index in [2.05, 4.69) is 9.97 Å². The Kier molecular flexibility index (Phi) is 3.11. The first-order chi connectivity index (χ1) is 6.30. The van der Waals surface area contributed by atoms with Gasteiger partial charge in [-0.15, -0.1) is 0 Å². The first kappa shape index (κ1) is 11.4. The van der Waals surface area contributed by atoms with Crippen molar-refractivity contribution in [3.8, 4) is 0 Å². The Bertz CT molecular complexity index is 443. The molecule has 14 heavy (non-hydrogen) atoms. The van der Waals surface area contributed by atoms with Gasteiger partial charge in [0.15, 0.2) is 5.03 Å². The highest BCUT2D eigenvalue weighted by Crippen LogP contribution is 2.16. The highest BCUT2D eigenvalue weighted by atomic mass is 35.7. The molecule has 0 N–H and O–H groups in total. The minimum Gasteiger partial charge on any atom is -0.238 e. The van der Waals surface area contributed by atoms with Crippen molar-refractivity contribution in [1.82, 2.24) is 9.97 Å². The molecule has 0 radical (unpaired) electrons. The van der Waals surface area contributed by atoms with Gasteiger partial charge in [-0.1, -0.05) is 13.8 Å². The lowest BCUT2D eigenvalue weighted by atomic mass is 10.2. The molecule has 78 valence electrons. The van der Waals surface area contributed by atoms with E-state index < -0.39 is 9.05 Å². The highest BCUT2D eigenvalue weighted by Gasteiger charge is 2.15. The summed E-state index contributed by atoms with van der Waals surface area (Å²) in [5, 5.41) is -0.129. The second-order valence-electron chi connectivity index (χ2n) is 3.30. The third-order valence-electron chi connectivity index (χ3n) is 1.61. The highest BCUT2D eigenvalue weighted by molar-refractivity contribution is 8.13. The maximum Gasteiger partial charge on any atom is 0.278 e. The normalized spacial score (nSPS) is 12.1. The van der Waals surface area contributed by atoms with Crippen LogP contribution in [0.15, 0.2) is 11.1 Å². The van der Waals surface area contributed by atoms with Gasteiger partial charge in [-0.05, 0) is 13.0 Å². The van der Waals surface area contributed by atoms with Crippen molar-refractivity contribution in [2.45, 2.75) is 31.7 Å². The summed E-state index contributed by atoms with van der Waals surface area (Å²) in [6.45, 7) is 5.48. The molecule has 0 aliphatic rings. The van der Waals surface area contributed by atoms with E-state index in [1.165, 1.54) is 6.07 Å². The van der Waals surface area contributed by atoms with Crippen LogP contribution in [0.4, 0.5) is 0 Å². The SMILES string of the molecule is Cc1cc(S(=O)(=O)Cl)nc(C(C)C)n1. The topological polar surface area (TPSA) is 59.9 Å². The van der Waals surface area contributed by atoms with Crippen LogP contribution in [0.5, 0.6) is 0 Å². The summed E-state index contributed by atoms with van der Waals surface area (Å²) < 4.78 is 22.1. The van der Waals surface area contributed by atoms with Gasteiger partial charge in [0.2, 0.25) is 0 Å². The molecule has 0 unspecified atom stereocenters. The molecule has 0 bridgehead atoms. The molecule has 6 heteroatoms. The van der Waals surface area contributed by atoms with E-state index in [1.807, 2.05) is 13.8 Å².